The largest absolute Gasteiger partial charge is 0.461 e. The Morgan fingerprint density at radius 2 is 1.82 bits per heavy atom. The van der Waals surface area contributed by atoms with Crippen LogP contribution in [0.3, 0.4) is 0 Å². The predicted molar refractivity (Wildman–Crippen MR) is 167 cm³/mol. The zero-order valence-electron chi connectivity index (χ0n) is 25.3. The molecule has 2 aromatic carbocycles. The molecule has 1 aliphatic carbocycles. The summed E-state index contributed by atoms with van der Waals surface area (Å²) in [5, 5.41) is 3.81. The second-order valence-electron chi connectivity index (χ2n) is 11.9. The minimum absolute atomic E-state index is 0.0126. The van der Waals surface area contributed by atoms with E-state index in [4.69, 9.17) is 15.2 Å². The number of halogens is 1. The van der Waals surface area contributed by atoms with Crippen LogP contribution in [0.2, 0.25) is 0 Å². The Labute approximate surface area is 257 Å². The zero-order chi connectivity index (χ0) is 31.1. The van der Waals surface area contributed by atoms with E-state index in [-0.39, 0.29) is 36.2 Å². The molecule has 2 heterocycles. The maximum atomic E-state index is 14.0. The Morgan fingerprint density at radius 1 is 1.05 bits per heavy atom. The van der Waals surface area contributed by atoms with Crippen molar-refractivity contribution in [1.82, 2.24) is 9.88 Å². The van der Waals surface area contributed by atoms with Gasteiger partial charge in [-0.1, -0.05) is 30.3 Å². The molecular formula is C34H43FN4O5. The minimum Gasteiger partial charge on any atom is -0.461 e. The zero-order valence-corrected chi connectivity index (χ0v) is 25.3. The number of H-pyrrole nitrogens is 1. The highest BCUT2D eigenvalue weighted by molar-refractivity contribution is 6.01. The van der Waals surface area contributed by atoms with Crippen LogP contribution in [-0.2, 0) is 19.1 Å². The number of hydrogen-bond donors (Lipinski definition) is 3. The molecule has 10 heteroatoms. The van der Waals surface area contributed by atoms with Crippen LogP contribution in [-0.4, -0.2) is 72.8 Å². The number of alkyl halides is 1. The average molecular weight is 607 g/mol. The Bertz CT molecular complexity index is 1420. The van der Waals surface area contributed by atoms with E-state index in [0.29, 0.717) is 69.7 Å². The fourth-order valence-electron chi connectivity index (χ4n) is 6.65. The van der Waals surface area contributed by atoms with E-state index >= 15 is 0 Å². The summed E-state index contributed by atoms with van der Waals surface area (Å²) in [6, 6.07) is 15.8. The van der Waals surface area contributed by atoms with Crippen molar-refractivity contribution >= 4 is 34.4 Å². The molecule has 0 bridgehead atoms. The Balaban J connectivity index is 1.29. The first-order valence-electron chi connectivity index (χ1n) is 15.7. The number of anilines is 1. The van der Waals surface area contributed by atoms with Gasteiger partial charge in [0.25, 0.3) is 0 Å². The number of aromatic amines is 1. The van der Waals surface area contributed by atoms with E-state index in [9.17, 15) is 18.8 Å². The van der Waals surface area contributed by atoms with E-state index in [1.807, 2.05) is 49.4 Å². The van der Waals surface area contributed by atoms with Crippen molar-refractivity contribution in [3.63, 3.8) is 0 Å². The summed E-state index contributed by atoms with van der Waals surface area (Å²) in [4.78, 5) is 45.2. The Hall–Kier alpha value is -3.76. The van der Waals surface area contributed by atoms with E-state index in [1.54, 1.807) is 17.0 Å². The third kappa shape index (κ3) is 7.30. The fraction of sp³-hybridized carbons (Fsp3) is 0.500. The summed E-state index contributed by atoms with van der Waals surface area (Å²) in [6.45, 7) is 3.28. The molecule has 1 saturated carbocycles. The number of carbonyl (C=O) groups excluding carboxylic acids is 3. The van der Waals surface area contributed by atoms with Crippen LogP contribution < -0.4 is 11.1 Å². The van der Waals surface area contributed by atoms with E-state index in [0.717, 1.165) is 16.5 Å². The van der Waals surface area contributed by atoms with Gasteiger partial charge in [-0.25, -0.2) is 9.18 Å². The number of likely N-dealkylation sites (tertiary alicyclic amines) is 1. The normalized spacial score (nSPS) is 22.6. The van der Waals surface area contributed by atoms with Gasteiger partial charge in [-0.05, 0) is 74.8 Å². The van der Waals surface area contributed by atoms with Gasteiger partial charge in [0.1, 0.15) is 18.4 Å². The SMILES string of the molecule is CCOCCCOC(=O)c1cc2cc(NC(=O)[C@@H]3[C@H](c4ccccc4)CCN3C(=O)C3CCC([C@H](N)CF)CC3)ccc2[nH]1. The van der Waals surface area contributed by atoms with E-state index in [2.05, 4.69) is 10.3 Å². The van der Waals surface area contributed by atoms with Gasteiger partial charge in [0.05, 0.1) is 6.61 Å². The molecule has 2 fully saturated rings. The lowest BCUT2D eigenvalue weighted by Gasteiger charge is -2.35. The minimum atomic E-state index is -0.667. The van der Waals surface area contributed by atoms with Crippen molar-refractivity contribution in [2.75, 3.05) is 38.4 Å². The fourth-order valence-corrected chi connectivity index (χ4v) is 6.65. The number of rotatable bonds is 12. The monoisotopic (exact) mass is 606 g/mol. The first kappa shape index (κ1) is 31.7. The van der Waals surface area contributed by atoms with Gasteiger partial charge >= 0.3 is 5.97 Å². The molecule has 9 nitrogen and oxygen atoms in total. The molecule has 4 N–H and O–H groups in total. The maximum absolute atomic E-state index is 14.0. The van der Waals surface area contributed by atoms with Crippen LogP contribution in [0.4, 0.5) is 10.1 Å². The van der Waals surface area contributed by atoms with Crippen LogP contribution in [0.5, 0.6) is 0 Å². The molecule has 0 radical (unpaired) electrons. The summed E-state index contributed by atoms with van der Waals surface area (Å²) in [6.07, 6.45) is 4.04. The molecule has 44 heavy (non-hydrogen) atoms. The number of nitrogens with two attached hydrogens (primary N) is 1. The number of aromatic nitrogens is 1. The second kappa shape index (κ2) is 14.8. The summed E-state index contributed by atoms with van der Waals surface area (Å²) in [5.41, 5.74) is 8.61. The van der Waals surface area contributed by atoms with Gasteiger partial charge in [0, 0.05) is 60.6 Å². The van der Waals surface area contributed by atoms with Crippen molar-refractivity contribution in [2.45, 2.75) is 63.5 Å². The van der Waals surface area contributed by atoms with Crippen LogP contribution >= 0.6 is 0 Å². The number of fused-ring (bicyclic) bond motifs is 1. The van der Waals surface area contributed by atoms with Gasteiger partial charge in [-0.2, -0.15) is 0 Å². The molecule has 2 aliphatic rings. The smallest absolute Gasteiger partial charge is 0.354 e. The number of ether oxygens (including phenoxy) is 2. The molecule has 5 rings (SSSR count). The molecule has 236 valence electrons. The highest BCUT2D eigenvalue weighted by atomic mass is 19.1. The lowest BCUT2D eigenvalue weighted by Crippen LogP contribution is -2.48. The average Bonchev–Trinajstić information content (AvgIpc) is 3.69. The molecule has 3 aromatic rings. The molecule has 0 unspecified atom stereocenters. The van der Waals surface area contributed by atoms with Gasteiger partial charge in [0.2, 0.25) is 11.8 Å². The molecule has 3 atom stereocenters. The first-order chi connectivity index (χ1) is 21.4. The van der Waals surface area contributed by atoms with Crippen molar-refractivity contribution in [2.24, 2.45) is 17.6 Å². The molecule has 1 aromatic heterocycles. The van der Waals surface area contributed by atoms with Crippen molar-refractivity contribution < 1.29 is 28.2 Å². The number of nitrogens with zero attached hydrogens (tertiary/aromatic N) is 1. The number of benzene rings is 2. The Kier molecular flexibility index (Phi) is 10.7. The summed E-state index contributed by atoms with van der Waals surface area (Å²) >= 11 is 0. The van der Waals surface area contributed by atoms with Crippen molar-refractivity contribution in [3.8, 4) is 0 Å². The van der Waals surface area contributed by atoms with Gasteiger partial charge in [-0.3, -0.25) is 9.59 Å². The Morgan fingerprint density at radius 3 is 2.55 bits per heavy atom. The number of hydrogen-bond acceptors (Lipinski definition) is 6. The molecule has 1 aliphatic heterocycles. The molecule has 1 saturated heterocycles. The van der Waals surface area contributed by atoms with Crippen LogP contribution in [0.1, 0.15) is 67.4 Å². The summed E-state index contributed by atoms with van der Waals surface area (Å²) < 4.78 is 23.8. The number of esters is 1. The highest BCUT2D eigenvalue weighted by Gasteiger charge is 2.44. The molecular weight excluding hydrogens is 563 g/mol. The molecule has 2 amide bonds. The maximum Gasteiger partial charge on any atom is 0.354 e. The third-order valence-corrected chi connectivity index (χ3v) is 9.06. The van der Waals surface area contributed by atoms with E-state index < -0.39 is 24.7 Å². The second-order valence-corrected chi connectivity index (χ2v) is 11.9. The van der Waals surface area contributed by atoms with E-state index in [1.165, 1.54) is 0 Å². The molecule has 0 spiro atoms. The lowest BCUT2D eigenvalue weighted by atomic mass is 9.78. The van der Waals surface area contributed by atoms with Crippen LogP contribution in [0, 0.1) is 11.8 Å². The third-order valence-electron chi connectivity index (χ3n) is 9.06. The first-order valence-corrected chi connectivity index (χ1v) is 15.7. The topological polar surface area (TPSA) is 127 Å². The predicted octanol–water partition coefficient (Wildman–Crippen LogP) is 5.18. The van der Waals surface area contributed by atoms with Crippen LogP contribution in [0.15, 0.2) is 54.6 Å². The lowest BCUT2D eigenvalue weighted by molar-refractivity contribution is -0.141. The van der Waals surface area contributed by atoms with Crippen molar-refractivity contribution in [1.29, 1.82) is 0 Å². The highest BCUT2D eigenvalue weighted by Crippen LogP contribution is 2.38. The van der Waals surface area contributed by atoms with Gasteiger partial charge in [-0.15, -0.1) is 0 Å². The quantitative estimate of drug-likeness (QED) is 0.193. The standard InChI is InChI=1S/C34H43FN4O5/c1-2-43-17-6-18-44-34(42)30-20-25-19-26(13-14-29(25)38-30)37-32(40)31-27(22-7-4-3-5-8-22)15-16-39(31)33(41)24-11-9-23(10-12-24)28(36)21-35/h3-5,7-8,13-14,19-20,23-24,27-28,31,38H,2,6,9-12,15-18,21,36H2,1H3,(H,37,40)/t23?,24?,27-,28+,31-/m0/s1. The van der Waals surface area contributed by atoms with Gasteiger partial charge in [0.15, 0.2) is 0 Å². The number of carbonyl (C=O) groups is 3. The van der Waals surface area contributed by atoms with Crippen LogP contribution in [0.25, 0.3) is 10.9 Å². The summed E-state index contributed by atoms with van der Waals surface area (Å²) in [5.74, 6) is -0.962. The number of nitrogens with one attached hydrogen (secondary N) is 2. The van der Waals surface area contributed by atoms with Crippen molar-refractivity contribution in [3.05, 3.63) is 65.9 Å². The van der Waals surface area contributed by atoms with Gasteiger partial charge < -0.3 is 30.4 Å². The summed E-state index contributed by atoms with van der Waals surface area (Å²) in [7, 11) is 0. The number of amides is 2.